The third kappa shape index (κ3) is 3.48. The summed E-state index contributed by atoms with van der Waals surface area (Å²) < 4.78 is 0. The maximum Gasteiger partial charge on any atom is -0.00998 e. The van der Waals surface area contributed by atoms with E-state index in [1.165, 1.54) is 61.2 Å². The van der Waals surface area contributed by atoms with Crippen LogP contribution in [0.4, 0.5) is 0 Å². The Bertz CT molecular complexity index is 977. The smallest absolute Gasteiger partial charge is 0.00998 e. The van der Waals surface area contributed by atoms with Crippen molar-refractivity contribution >= 4 is 0 Å². The number of hydrogen-bond acceptors (Lipinski definition) is 0. The molecule has 0 amide bonds. The van der Waals surface area contributed by atoms with E-state index in [0.29, 0.717) is 17.8 Å². The minimum absolute atomic E-state index is 0.645. The molecule has 32 heavy (non-hydrogen) atoms. The van der Waals surface area contributed by atoms with Gasteiger partial charge >= 0.3 is 0 Å². The molecule has 1 aliphatic carbocycles. The zero-order valence-corrected chi connectivity index (χ0v) is 23.5. The van der Waals surface area contributed by atoms with Gasteiger partial charge in [-0.3, -0.25) is 0 Å². The van der Waals surface area contributed by atoms with Crippen LogP contribution in [-0.4, -0.2) is 0 Å². The average Bonchev–Trinajstić information content (AvgIpc) is 2.76. The highest BCUT2D eigenvalue weighted by atomic mass is 14.5. The summed E-state index contributed by atoms with van der Waals surface area (Å²) in [5, 5.41) is 0. The van der Waals surface area contributed by atoms with Crippen LogP contribution in [0.15, 0.2) is 0 Å². The Hall–Kier alpha value is -1.56. The predicted octanol–water partition coefficient (Wildman–Crippen LogP) is 9.41. The highest BCUT2D eigenvalue weighted by Crippen LogP contribution is 2.53. The molecule has 4 unspecified atom stereocenters. The Balaban J connectivity index is 2.33. The molecule has 176 valence electrons. The molecule has 0 nitrogen and oxygen atoms in total. The van der Waals surface area contributed by atoms with Crippen molar-refractivity contribution in [2.45, 2.75) is 103 Å². The van der Waals surface area contributed by atoms with Crippen molar-refractivity contribution in [1.82, 2.24) is 0 Å². The maximum atomic E-state index is 2.52. The molecule has 4 atom stereocenters. The topological polar surface area (TPSA) is 0 Å². The van der Waals surface area contributed by atoms with Gasteiger partial charge < -0.3 is 0 Å². The molecular weight excluding hydrogens is 384 g/mol. The third-order valence-corrected chi connectivity index (χ3v) is 10.7. The summed E-state index contributed by atoms with van der Waals surface area (Å²) in [6.45, 7) is 33.6. The Morgan fingerprint density at radius 1 is 0.312 bits per heavy atom. The van der Waals surface area contributed by atoms with Gasteiger partial charge in [-0.15, -0.1) is 0 Å². The van der Waals surface area contributed by atoms with Gasteiger partial charge in [0.25, 0.3) is 0 Å². The van der Waals surface area contributed by atoms with Gasteiger partial charge in [0, 0.05) is 0 Å². The Morgan fingerprint density at radius 3 is 0.906 bits per heavy atom. The summed E-state index contributed by atoms with van der Waals surface area (Å²) in [5.74, 6) is 4.39. The van der Waals surface area contributed by atoms with Gasteiger partial charge in [0.15, 0.2) is 0 Å². The Kier molecular flexibility index (Phi) is 6.78. The second kappa shape index (κ2) is 8.66. The van der Waals surface area contributed by atoms with Crippen LogP contribution < -0.4 is 0 Å². The van der Waals surface area contributed by atoms with Crippen LogP contribution in [0.2, 0.25) is 0 Å². The van der Waals surface area contributed by atoms with Gasteiger partial charge in [-0.1, -0.05) is 34.6 Å². The molecule has 2 aromatic rings. The van der Waals surface area contributed by atoms with Gasteiger partial charge in [0.1, 0.15) is 0 Å². The van der Waals surface area contributed by atoms with Crippen LogP contribution in [0, 0.1) is 91.9 Å². The predicted molar refractivity (Wildman–Crippen MR) is 143 cm³/mol. The fourth-order valence-electron chi connectivity index (χ4n) is 7.19. The first-order valence-electron chi connectivity index (χ1n) is 12.9. The molecule has 0 heterocycles. The highest BCUT2D eigenvalue weighted by Gasteiger charge is 2.43. The van der Waals surface area contributed by atoms with Gasteiger partial charge in [0.2, 0.25) is 0 Å². The van der Waals surface area contributed by atoms with Gasteiger partial charge in [-0.25, -0.2) is 0 Å². The molecule has 0 N–H and O–H groups in total. The lowest BCUT2D eigenvalue weighted by molar-refractivity contribution is 0.0588. The van der Waals surface area contributed by atoms with E-state index in [2.05, 4.69) is 96.9 Å². The van der Waals surface area contributed by atoms with Crippen molar-refractivity contribution in [3.63, 3.8) is 0 Å². The summed E-state index contributed by atoms with van der Waals surface area (Å²) >= 11 is 0. The van der Waals surface area contributed by atoms with E-state index in [9.17, 15) is 0 Å². The Labute approximate surface area is 199 Å². The monoisotopic (exact) mass is 432 g/mol. The van der Waals surface area contributed by atoms with Crippen molar-refractivity contribution in [2.75, 3.05) is 0 Å². The van der Waals surface area contributed by atoms with E-state index in [4.69, 9.17) is 0 Å². The fraction of sp³-hybridized carbons (Fsp3) is 0.625. The summed E-state index contributed by atoms with van der Waals surface area (Å²) in [5.41, 5.74) is 18.0. The van der Waals surface area contributed by atoms with Crippen LogP contribution >= 0.6 is 0 Å². The molecule has 1 aliphatic rings. The molecule has 0 heteroatoms. The summed E-state index contributed by atoms with van der Waals surface area (Å²) in [4.78, 5) is 0. The zero-order valence-electron chi connectivity index (χ0n) is 23.5. The molecule has 2 aromatic carbocycles. The van der Waals surface area contributed by atoms with Crippen molar-refractivity contribution in [1.29, 1.82) is 0 Å². The van der Waals surface area contributed by atoms with Crippen LogP contribution in [0.1, 0.15) is 96.2 Å². The maximum absolute atomic E-state index is 2.52. The lowest BCUT2D eigenvalue weighted by Crippen LogP contribution is -2.40. The van der Waals surface area contributed by atoms with E-state index in [1.807, 2.05) is 0 Å². The molecular formula is C32H48. The first-order chi connectivity index (χ1) is 14.7. The van der Waals surface area contributed by atoms with Crippen LogP contribution in [-0.2, 0) is 0 Å². The van der Waals surface area contributed by atoms with Crippen molar-refractivity contribution in [3.8, 4) is 11.1 Å². The molecule has 1 saturated carbocycles. The molecule has 3 rings (SSSR count). The first-order valence-corrected chi connectivity index (χ1v) is 12.9. The molecule has 0 saturated heterocycles. The number of rotatable bonds is 2. The van der Waals surface area contributed by atoms with E-state index in [1.54, 1.807) is 5.56 Å². The summed E-state index contributed by atoms with van der Waals surface area (Å²) in [6, 6.07) is 0. The molecule has 0 radical (unpaired) electrons. The quantitative estimate of drug-likeness (QED) is 0.443. The number of benzene rings is 2. The van der Waals surface area contributed by atoms with E-state index in [0.717, 1.165) is 17.8 Å². The molecule has 0 aliphatic heterocycles. The van der Waals surface area contributed by atoms with Crippen molar-refractivity contribution < 1.29 is 0 Å². The van der Waals surface area contributed by atoms with Gasteiger partial charge in [-0.2, -0.15) is 0 Å². The van der Waals surface area contributed by atoms with E-state index >= 15 is 0 Å². The second-order valence-electron chi connectivity index (χ2n) is 11.6. The van der Waals surface area contributed by atoms with E-state index < -0.39 is 0 Å². The molecule has 0 aromatic heterocycles. The van der Waals surface area contributed by atoms with Crippen molar-refractivity contribution in [3.05, 3.63) is 55.6 Å². The van der Waals surface area contributed by atoms with E-state index in [-0.39, 0.29) is 0 Å². The fourth-order valence-corrected chi connectivity index (χ4v) is 7.19. The molecule has 0 spiro atoms. The van der Waals surface area contributed by atoms with Crippen LogP contribution in [0.3, 0.4) is 0 Å². The third-order valence-electron chi connectivity index (χ3n) is 10.7. The normalized spacial score (nSPS) is 28.3. The van der Waals surface area contributed by atoms with Gasteiger partial charge in [-0.05, 0) is 165 Å². The van der Waals surface area contributed by atoms with Crippen LogP contribution in [0.5, 0.6) is 0 Å². The minimum atomic E-state index is 0.645. The average molecular weight is 433 g/mol. The van der Waals surface area contributed by atoms with Crippen molar-refractivity contribution in [2.24, 2.45) is 29.6 Å². The largest absolute Gasteiger partial charge is 0.0620 e. The van der Waals surface area contributed by atoms with Gasteiger partial charge in [0.05, 0.1) is 0 Å². The molecule has 0 bridgehead atoms. The first kappa shape index (κ1) is 25.1. The number of hydrogen-bond donors (Lipinski definition) is 0. The minimum Gasteiger partial charge on any atom is -0.0620 e. The van der Waals surface area contributed by atoms with Crippen LogP contribution in [0.25, 0.3) is 11.1 Å². The lowest BCUT2D eigenvalue weighted by Gasteiger charge is -2.48. The molecule has 1 fully saturated rings. The standard InChI is InChI=1S/C32H48/c1-15-17(3)21(7)29(22(8)18(15)4)31-25(11)27(13)32(28(14)26(31)12)30-23(9)19(5)16(2)20(6)24(30)10/h15,17-18,21-22,29H,1-14H3. The SMILES string of the molecule is Cc1c(C)c(C)c(-c2c(C)c(C)c(C3C(C)C(C)C(C)C(C)C3C)c(C)c2C)c(C)c1C. The zero-order chi connectivity index (χ0) is 24.4. The summed E-state index contributed by atoms with van der Waals surface area (Å²) in [7, 11) is 0. The Morgan fingerprint density at radius 2 is 0.562 bits per heavy atom. The summed E-state index contributed by atoms with van der Waals surface area (Å²) in [6.07, 6.45) is 0. The highest BCUT2D eigenvalue weighted by molar-refractivity contribution is 5.81. The lowest BCUT2D eigenvalue weighted by atomic mass is 9.56. The second-order valence-corrected chi connectivity index (χ2v) is 11.6.